The maximum Gasteiger partial charge on any atom is 0.430 e. The number of piperidine rings is 1. The Morgan fingerprint density at radius 2 is 1.77 bits per heavy atom. The molecule has 2 bridgehead atoms. The van der Waals surface area contributed by atoms with Crippen LogP contribution in [0.3, 0.4) is 0 Å². The summed E-state index contributed by atoms with van der Waals surface area (Å²) in [6, 6.07) is 15.1. The van der Waals surface area contributed by atoms with Gasteiger partial charge in [-0.15, -0.1) is 0 Å². The number of methoxy groups -OCH3 is 1. The first kappa shape index (κ1) is 20.9. The molecule has 0 spiro atoms. The van der Waals surface area contributed by atoms with Gasteiger partial charge in [0.15, 0.2) is 0 Å². The highest BCUT2D eigenvalue weighted by atomic mass is 19.4. The zero-order valence-electron chi connectivity index (χ0n) is 17.2. The summed E-state index contributed by atoms with van der Waals surface area (Å²) in [6.07, 6.45) is -2.84. The summed E-state index contributed by atoms with van der Waals surface area (Å²) >= 11 is 0. The third-order valence-electron chi connectivity index (χ3n) is 6.90. The molecule has 3 nitrogen and oxygen atoms in total. The van der Waals surface area contributed by atoms with E-state index in [0.717, 1.165) is 19.1 Å². The normalized spacial score (nSPS) is 25.4. The first-order chi connectivity index (χ1) is 14.3. The number of amides is 1. The SMILES string of the molecule is CC[C@H]1[C@H]2Cc3ccccc3[C@@H]1CCN2C(=O)[C@](OC)(c1ccccc1)C(F)(F)F. The average Bonchev–Trinajstić information content (AvgIpc) is 2.74. The van der Waals surface area contributed by atoms with Crippen LogP contribution in [0.4, 0.5) is 13.2 Å². The minimum atomic E-state index is -4.88. The van der Waals surface area contributed by atoms with E-state index in [9.17, 15) is 18.0 Å². The van der Waals surface area contributed by atoms with Crippen LogP contribution >= 0.6 is 0 Å². The van der Waals surface area contributed by atoms with E-state index in [4.69, 9.17) is 4.74 Å². The molecule has 1 fully saturated rings. The Balaban J connectivity index is 1.78. The number of benzene rings is 2. The molecule has 2 aromatic rings. The summed E-state index contributed by atoms with van der Waals surface area (Å²) in [7, 11) is 0.971. The molecule has 1 saturated heterocycles. The van der Waals surface area contributed by atoms with Crippen LogP contribution in [0.2, 0.25) is 0 Å². The number of ether oxygens (including phenoxy) is 1. The first-order valence-corrected chi connectivity index (χ1v) is 10.4. The fourth-order valence-electron chi connectivity index (χ4n) is 5.53. The molecule has 1 amide bonds. The lowest BCUT2D eigenvalue weighted by Gasteiger charge is -2.51. The molecule has 1 aliphatic heterocycles. The van der Waals surface area contributed by atoms with Gasteiger partial charge in [-0.3, -0.25) is 4.79 Å². The van der Waals surface area contributed by atoms with E-state index in [1.807, 2.05) is 18.2 Å². The van der Waals surface area contributed by atoms with Gasteiger partial charge in [-0.2, -0.15) is 13.2 Å². The van der Waals surface area contributed by atoms with Crippen LogP contribution in [0.15, 0.2) is 54.6 Å². The van der Waals surface area contributed by atoms with E-state index >= 15 is 0 Å². The Morgan fingerprint density at radius 3 is 2.40 bits per heavy atom. The molecule has 6 heteroatoms. The van der Waals surface area contributed by atoms with Crippen molar-refractivity contribution in [2.75, 3.05) is 13.7 Å². The van der Waals surface area contributed by atoms with Crippen molar-refractivity contribution in [3.05, 3.63) is 71.3 Å². The van der Waals surface area contributed by atoms with Crippen LogP contribution < -0.4 is 0 Å². The molecule has 160 valence electrons. The second-order valence-electron chi connectivity index (χ2n) is 8.19. The minimum Gasteiger partial charge on any atom is -0.356 e. The Hall–Kier alpha value is -2.34. The number of fused-ring (bicyclic) bond motifs is 4. The van der Waals surface area contributed by atoms with Gasteiger partial charge in [-0.25, -0.2) is 0 Å². The molecule has 4 atom stereocenters. The lowest BCUT2D eigenvalue weighted by atomic mass is 9.66. The lowest BCUT2D eigenvalue weighted by Crippen LogP contribution is -2.63. The molecular formula is C24H26F3NO2. The van der Waals surface area contributed by atoms with Crippen LogP contribution in [-0.2, 0) is 21.6 Å². The van der Waals surface area contributed by atoms with Crippen LogP contribution in [0, 0.1) is 5.92 Å². The number of halogens is 3. The predicted molar refractivity (Wildman–Crippen MR) is 108 cm³/mol. The van der Waals surface area contributed by atoms with Crippen molar-refractivity contribution in [1.82, 2.24) is 4.90 Å². The van der Waals surface area contributed by atoms with Crippen molar-refractivity contribution in [2.24, 2.45) is 5.92 Å². The molecule has 1 aliphatic carbocycles. The zero-order valence-corrected chi connectivity index (χ0v) is 17.2. The molecule has 2 aromatic carbocycles. The van der Waals surface area contributed by atoms with Gasteiger partial charge in [0, 0.05) is 25.3 Å². The molecule has 2 aliphatic rings. The largest absolute Gasteiger partial charge is 0.430 e. The van der Waals surface area contributed by atoms with Crippen LogP contribution in [-0.4, -0.2) is 36.7 Å². The van der Waals surface area contributed by atoms with E-state index < -0.39 is 17.7 Å². The van der Waals surface area contributed by atoms with Crippen LogP contribution in [0.25, 0.3) is 0 Å². The summed E-state index contributed by atoms with van der Waals surface area (Å²) in [4.78, 5) is 15.1. The smallest absolute Gasteiger partial charge is 0.356 e. The minimum absolute atomic E-state index is 0.135. The molecule has 0 saturated carbocycles. The molecule has 30 heavy (non-hydrogen) atoms. The van der Waals surface area contributed by atoms with E-state index in [0.29, 0.717) is 19.4 Å². The molecule has 0 aromatic heterocycles. The summed E-state index contributed by atoms with van der Waals surface area (Å²) in [5, 5.41) is 0. The highest BCUT2D eigenvalue weighted by Gasteiger charge is 2.65. The lowest BCUT2D eigenvalue weighted by molar-refractivity contribution is -0.272. The number of rotatable bonds is 4. The molecule has 0 radical (unpaired) electrons. The van der Waals surface area contributed by atoms with Gasteiger partial charge in [0.2, 0.25) is 0 Å². The maximum atomic E-state index is 14.4. The topological polar surface area (TPSA) is 29.5 Å². The number of alkyl halides is 3. The van der Waals surface area contributed by atoms with Crippen molar-refractivity contribution in [3.63, 3.8) is 0 Å². The van der Waals surface area contributed by atoms with Gasteiger partial charge in [0.1, 0.15) is 0 Å². The van der Waals surface area contributed by atoms with E-state index in [1.165, 1.54) is 34.7 Å². The zero-order chi connectivity index (χ0) is 21.5. The van der Waals surface area contributed by atoms with Gasteiger partial charge < -0.3 is 9.64 Å². The Morgan fingerprint density at radius 1 is 1.10 bits per heavy atom. The van der Waals surface area contributed by atoms with Gasteiger partial charge in [-0.05, 0) is 35.8 Å². The Bertz CT molecular complexity index is 914. The van der Waals surface area contributed by atoms with Gasteiger partial charge in [0.05, 0.1) is 0 Å². The van der Waals surface area contributed by atoms with Crippen molar-refractivity contribution >= 4 is 5.91 Å². The van der Waals surface area contributed by atoms with Crippen molar-refractivity contribution in [2.45, 2.75) is 49.9 Å². The third-order valence-corrected chi connectivity index (χ3v) is 6.90. The Kier molecular flexibility index (Phi) is 5.39. The second kappa shape index (κ2) is 7.73. The predicted octanol–water partition coefficient (Wildman–Crippen LogP) is 5.06. The van der Waals surface area contributed by atoms with Crippen molar-refractivity contribution in [1.29, 1.82) is 0 Å². The number of carbonyl (C=O) groups excluding carboxylic acids is 1. The molecule has 4 rings (SSSR count). The van der Waals surface area contributed by atoms with Crippen molar-refractivity contribution < 1.29 is 22.7 Å². The van der Waals surface area contributed by atoms with Crippen molar-refractivity contribution in [3.8, 4) is 0 Å². The standard InChI is InChI=1S/C24H26F3NO2/c1-3-18-20-13-14-28(21(18)15-16-9-7-8-12-19(16)20)22(29)23(30-2,24(25,26)27)17-10-5-4-6-11-17/h4-12,18,20-21H,3,13-15H2,1-2H3/t18-,20-,21-,23-/m1/s1. The Labute approximate surface area is 174 Å². The number of hydrogen-bond donors (Lipinski definition) is 0. The summed E-state index contributed by atoms with van der Waals surface area (Å²) in [5.74, 6) is -0.602. The first-order valence-electron chi connectivity index (χ1n) is 10.4. The highest BCUT2D eigenvalue weighted by Crippen LogP contribution is 2.49. The molecule has 0 unspecified atom stereocenters. The van der Waals surface area contributed by atoms with Crippen LogP contribution in [0.5, 0.6) is 0 Å². The fraction of sp³-hybridized carbons (Fsp3) is 0.458. The van der Waals surface area contributed by atoms with Gasteiger partial charge >= 0.3 is 6.18 Å². The van der Waals surface area contributed by atoms with E-state index in [1.54, 1.807) is 6.07 Å². The van der Waals surface area contributed by atoms with E-state index in [2.05, 4.69) is 13.0 Å². The summed E-state index contributed by atoms with van der Waals surface area (Å²) in [5.41, 5.74) is -0.776. The number of hydrogen-bond acceptors (Lipinski definition) is 2. The highest BCUT2D eigenvalue weighted by molar-refractivity contribution is 5.88. The number of likely N-dealkylation sites (tertiary alicyclic amines) is 1. The number of carbonyl (C=O) groups is 1. The maximum absolute atomic E-state index is 14.4. The average molecular weight is 417 g/mol. The third kappa shape index (κ3) is 3.04. The molecule has 1 heterocycles. The van der Waals surface area contributed by atoms with E-state index in [-0.39, 0.29) is 23.4 Å². The monoisotopic (exact) mass is 417 g/mol. The molecular weight excluding hydrogens is 391 g/mol. The fourth-order valence-corrected chi connectivity index (χ4v) is 5.53. The summed E-state index contributed by atoms with van der Waals surface area (Å²) in [6.45, 7) is 2.35. The van der Waals surface area contributed by atoms with Gasteiger partial charge in [0.25, 0.3) is 11.5 Å². The van der Waals surface area contributed by atoms with Crippen LogP contribution in [0.1, 0.15) is 42.4 Å². The second-order valence-corrected chi connectivity index (χ2v) is 8.19. The quantitative estimate of drug-likeness (QED) is 0.696. The summed E-state index contributed by atoms with van der Waals surface area (Å²) < 4.78 is 48.4. The van der Waals surface area contributed by atoms with Gasteiger partial charge in [-0.1, -0.05) is 67.9 Å². The number of nitrogens with zero attached hydrogens (tertiary/aromatic N) is 1. The molecule has 0 N–H and O–H groups in total.